The minimum Gasteiger partial charge on any atom is -0.507 e. The van der Waals surface area contributed by atoms with E-state index in [2.05, 4.69) is 4.99 Å². The van der Waals surface area contributed by atoms with E-state index in [4.69, 9.17) is 5.73 Å². The van der Waals surface area contributed by atoms with Gasteiger partial charge in [0.1, 0.15) is 5.75 Å². The summed E-state index contributed by atoms with van der Waals surface area (Å²) >= 11 is 0. The smallest absolute Gasteiger partial charge is 0.126 e. The van der Waals surface area contributed by atoms with Gasteiger partial charge in [-0.05, 0) is 12.1 Å². The molecule has 0 heterocycles. The van der Waals surface area contributed by atoms with Gasteiger partial charge in [0.15, 0.2) is 0 Å². The quantitative estimate of drug-likeness (QED) is 0.719. The lowest BCUT2D eigenvalue weighted by Gasteiger charge is -2.12. The van der Waals surface area contributed by atoms with Crippen molar-refractivity contribution < 1.29 is 5.11 Å². The molecule has 0 aliphatic heterocycles. The van der Waals surface area contributed by atoms with Crippen molar-refractivity contribution in [2.75, 3.05) is 32.1 Å². The van der Waals surface area contributed by atoms with Crippen LogP contribution in [0.4, 0.5) is 5.69 Å². The van der Waals surface area contributed by atoms with Gasteiger partial charge < -0.3 is 15.7 Å². The van der Waals surface area contributed by atoms with Crippen LogP contribution in [-0.2, 0) is 0 Å². The fraction of sp³-hybridized carbons (Fsp3) is 0.364. The average molecular weight is 207 g/mol. The van der Waals surface area contributed by atoms with Gasteiger partial charge >= 0.3 is 0 Å². The first-order valence-corrected chi connectivity index (χ1v) is 4.85. The van der Waals surface area contributed by atoms with Crippen molar-refractivity contribution in [3.05, 3.63) is 23.8 Å². The zero-order valence-corrected chi connectivity index (χ0v) is 9.14. The number of nitrogens with zero attached hydrogens (tertiary/aromatic N) is 2. The minimum absolute atomic E-state index is 0.238. The minimum atomic E-state index is 0.238. The zero-order chi connectivity index (χ0) is 11.3. The van der Waals surface area contributed by atoms with Gasteiger partial charge in [0.2, 0.25) is 0 Å². The van der Waals surface area contributed by atoms with Crippen molar-refractivity contribution in [1.82, 2.24) is 0 Å². The van der Waals surface area contributed by atoms with E-state index in [0.717, 1.165) is 5.69 Å². The van der Waals surface area contributed by atoms with E-state index in [1.807, 2.05) is 31.1 Å². The summed E-state index contributed by atoms with van der Waals surface area (Å²) in [7, 11) is 3.86. The first kappa shape index (κ1) is 11.5. The Hall–Kier alpha value is -1.55. The maximum absolute atomic E-state index is 9.69. The van der Waals surface area contributed by atoms with Crippen molar-refractivity contribution >= 4 is 11.9 Å². The summed E-state index contributed by atoms with van der Waals surface area (Å²) in [6.45, 7) is 1.10. The predicted molar refractivity (Wildman–Crippen MR) is 63.9 cm³/mol. The van der Waals surface area contributed by atoms with Gasteiger partial charge in [-0.3, -0.25) is 4.99 Å². The second-order valence-corrected chi connectivity index (χ2v) is 3.46. The van der Waals surface area contributed by atoms with E-state index in [9.17, 15) is 5.11 Å². The van der Waals surface area contributed by atoms with Crippen LogP contribution in [0.3, 0.4) is 0 Å². The molecule has 0 bridgehead atoms. The number of hydrogen-bond donors (Lipinski definition) is 2. The van der Waals surface area contributed by atoms with Crippen LogP contribution < -0.4 is 10.6 Å². The lowest BCUT2D eigenvalue weighted by Crippen LogP contribution is -2.08. The molecule has 3 N–H and O–H groups in total. The molecule has 0 fully saturated rings. The van der Waals surface area contributed by atoms with E-state index in [1.54, 1.807) is 12.3 Å². The van der Waals surface area contributed by atoms with Crippen LogP contribution in [0.2, 0.25) is 0 Å². The number of aliphatic imine (C=N–C) groups is 1. The van der Waals surface area contributed by atoms with E-state index in [0.29, 0.717) is 18.7 Å². The standard InChI is InChI=1S/C11H17N3O/c1-14(2)10-4-3-9(11(15)7-10)8-13-6-5-12/h3-4,7-8,15H,5-6,12H2,1-2H3. The maximum atomic E-state index is 9.69. The first-order chi connectivity index (χ1) is 7.15. The van der Waals surface area contributed by atoms with Gasteiger partial charge in [-0.15, -0.1) is 0 Å². The molecule has 0 amide bonds. The fourth-order valence-electron chi connectivity index (χ4n) is 1.16. The van der Waals surface area contributed by atoms with Crippen LogP contribution in [-0.4, -0.2) is 38.5 Å². The highest BCUT2D eigenvalue weighted by atomic mass is 16.3. The van der Waals surface area contributed by atoms with Gasteiger partial charge in [-0.25, -0.2) is 0 Å². The molecule has 0 atom stereocenters. The number of phenolic OH excluding ortho intramolecular Hbond substituents is 1. The van der Waals surface area contributed by atoms with Crippen LogP contribution in [0, 0.1) is 0 Å². The number of rotatable bonds is 4. The van der Waals surface area contributed by atoms with Crippen LogP contribution in [0.15, 0.2) is 23.2 Å². The normalized spacial score (nSPS) is 10.9. The number of anilines is 1. The van der Waals surface area contributed by atoms with Gasteiger partial charge in [-0.2, -0.15) is 0 Å². The lowest BCUT2D eigenvalue weighted by atomic mass is 10.2. The molecule has 0 aliphatic carbocycles. The van der Waals surface area contributed by atoms with E-state index in [-0.39, 0.29) is 5.75 Å². The SMILES string of the molecule is CN(C)c1ccc(C=NCCN)c(O)c1. The predicted octanol–water partition coefficient (Wildman–Crippen LogP) is 0.836. The van der Waals surface area contributed by atoms with Gasteiger partial charge in [0.05, 0.1) is 6.54 Å². The molecule has 0 spiro atoms. The summed E-state index contributed by atoms with van der Waals surface area (Å²) in [5, 5.41) is 9.69. The molecule has 15 heavy (non-hydrogen) atoms. The molecule has 0 aliphatic rings. The molecule has 0 radical (unpaired) electrons. The van der Waals surface area contributed by atoms with Gasteiger partial charge in [0.25, 0.3) is 0 Å². The molecular weight excluding hydrogens is 190 g/mol. The molecule has 1 rings (SSSR count). The second-order valence-electron chi connectivity index (χ2n) is 3.46. The third-order valence-corrected chi connectivity index (χ3v) is 2.02. The van der Waals surface area contributed by atoms with Crippen molar-refractivity contribution in [2.45, 2.75) is 0 Å². The summed E-state index contributed by atoms with van der Waals surface area (Å²) in [5.41, 5.74) is 6.99. The highest BCUT2D eigenvalue weighted by molar-refractivity contribution is 5.84. The molecule has 4 heteroatoms. The number of benzene rings is 1. The highest BCUT2D eigenvalue weighted by Gasteiger charge is 2.01. The summed E-state index contributed by atoms with van der Waals surface area (Å²) in [6, 6.07) is 5.48. The van der Waals surface area contributed by atoms with E-state index >= 15 is 0 Å². The first-order valence-electron chi connectivity index (χ1n) is 4.85. The average Bonchev–Trinajstić information content (AvgIpc) is 2.20. The largest absolute Gasteiger partial charge is 0.507 e. The third kappa shape index (κ3) is 3.25. The monoisotopic (exact) mass is 207 g/mol. The topological polar surface area (TPSA) is 61.8 Å². The molecule has 1 aromatic rings. The van der Waals surface area contributed by atoms with E-state index in [1.165, 1.54) is 0 Å². The zero-order valence-electron chi connectivity index (χ0n) is 9.14. The second kappa shape index (κ2) is 5.36. The Kier molecular flexibility index (Phi) is 4.12. The van der Waals surface area contributed by atoms with Crippen LogP contribution >= 0.6 is 0 Å². The van der Waals surface area contributed by atoms with Crippen LogP contribution in [0.25, 0.3) is 0 Å². The summed E-state index contributed by atoms with van der Waals surface area (Å²) in [4.78, 5) is 6.00. The molecule has 1 aromatic carbocycles. The van der Waals surface area contributed by atoms with Crippen LogP contribution in [0.5, 0.6) is 5.75 Å². The van der Waals surface area contributed by atoms with E-state index < -0.39 is 0 Å². The molecule has 0 aromatic heterocycles. The van der Waals surface area contributed by atoms with Crippen molar-refractivity contribution in [2.24, 2.45) is 10.7 Å². The Morgan fingerprint density at radius 3 is 2.73 bits per heavy atom. The highest BCUT2D eigenvalue weighted by Crippen LogP contribution is 2.21. The summed E-state index contributed by atoms with van der Waals surface area (Å²) < 4.78 is 0. The molecule has 82 valence electrons. The molecule has 0 saturated carbocycles. The lowest BCUT2D eigenvalue weighted by molar-refractivity contribution is 0.474. The molecule has 0 saturated heterocycles. The van der Waals surface area contributed by atoms with Gasteiger partial charge in [-0.1, -0.05) is 0 Å². The van der Waals surface area contributed by atoms with Crippen LogP contribution in [0.1, 0.15) is 5.56 Å². The Morgan fingerprint density at radius 2 is 2.20 bits per heavy atom. The molecule has 0 unspecified atom stereocenters. The third-order valence-electron chi connectivity index (χ3n) is 2.02. The van der Waals surface area contributed by atoms with Crippen molar-refractivity contribution in [1.29, 1.82) is 0 Å². The van der Waals surface area contributed by atoms with Crippen molar-refractivity contribution in [3.63, 3.8) is 0 Å². The Labute approximate surface area is 90.0 Å². The fourth-order valence-corrected chi connectivity index (χ4v) is 1.16. The summed E-state index contributed by atoms with van der Waals surface area (Å²) in [5.74, 6) is 0.238. The molecule has 4 nitrogen and oxygen atoms in total. The number of nitrogens with two attached hydrogens (primary N) is 1. The van der Waals surface area contributed by atoms with Crippen molar-refractivity contribution in [3.8, 4) is 5.75 Å². The number of hydrogen-bond acceptors (Lipinski definition) is 4. The number of aromatic hydroxyl groups is 1. The Balaban J connectivity index is 2.83. The Morgan fingerprint density at radius 1 is 1.47 bits per heavy atom. The number of phenols is 1. The molecular formula is C11H17N3O. The maximum Gasteiger partial charge on any atom is 0.126 e. The Bertz CT molecular complexity index is 348. The van der Waals surface area contributed by atoms with Gasteiger partial charge in [0, 0.05) is 44.2 Å². The summed E-state index contributed by atoms with van der Waals surface area (Å²) in [6.07, 6.45) is 1.64.